The normalized spacial score (nSPS) is 12.1. The quantitative estimate of drug-likeness (QED) is 0.554. The van der Waals surface area contributed by atoms with E-state index in [9.17, 15) is 4.39 Å². The Morgan fingerprint density at radius 3 is 2.43 bits per heavy atom. The first kappa shape index (κ1) is 7.15. The summed E-state index contributed by atoms with van der Waals surface area (Å²) in [5.74, 6) is 0. The van der Waals surface area contributed by atoms with Crippen LogP contribution in [0.5, 0.6) is 0 Å². The summed E-state index contributed by atoms with van der Waals surface area (Å²) in [5.41, 5.74) is 0.806. The van der Waals surface area contributed by atoms with Crippen LogP contribution in [-0.2, 0) is 0 Å². The Morgan fingerprint density at radius 1 is 1.86 bits per heavy atom. The lowest BCUT2D eigenvalue weighted by atomic mass is 10.3. The van der Waals surface area contributed by atoms with E-state index >= 15 is 0 Å². The highest BCUT2D eigenvalue weighted by Crippen LogP contribution is 2.03. The fourth-order valence-corrected chi connectivity index (χ4v) is 0.720. The van der Waals surface area contributed by atoms with E-state index in [0.29, 0.717) is 11.7 Å². The zero-order valence-electron chi connectivity index (χ0n) is 4.25. The van der Waals surface area contributed by atoms with Crippen molar-refractivity contribution in [1.82, 2.24) is 0 Å². The molecule has 0 saturated heterocycles. The van der Waals surface area contributed by atoms with Gasteiger partial charge in [-0.2, -0.15) is 0 Å². The third-order valence-corrected chi connectivity index (χ3v) is 1.50. The second-order valence-corrected chi connectivity index (χ2v) is 1.82. The van der Waals surface area contributed by atoms with Gasteiger partial charge in [0.1, 0.15) is 0 Å². The average Bonchev–Trinajstić information content (AvgIpc) is 1.72. The molecule has 7 heavy (non-hydrogen) atoms. The van der Waals surface area contributed by atoms with E-state index < -0.39 is 0 Å². The van der Waals surface area contributed by atoms with E-state index in [2.05, 4.69) is 15.9 Å². The lowest BCUT2D eigenvalue weighted by Gasteiger charge is -1.89. The van der Waals surface area contributed by atoms with Crippen LogP contribution in [0.15, 0.2) is 11.9 Å². The van der Waals surface area contributed by atoms with Gasteiger partial charge in [0.05, 0.1) is 6.33 Å². The van der Waals surface area contributed by atoms with Crippen molar-refractivity contribution in [1.29, 1.82) is 0 Å². The summed E-state index contributed by atoms with van der Waals surface area (Å²) in [6, 6.07) is 0. The van der Waals surface area contributed by atoms with E-state index in [-0.39, 0.29) is 0 Å². The molecule has 0 nitrogen and oxygen atoms in total. The Labute approximate surface area is 51.5 Å². The van der Waals surface area contributed by atoms with Gasteiger partial charge in [0.2, 0.25) is 0 Å². The summed E-state index contributed by atoms with van der Waals surface area (Å²) in [6.45, 7) is 1.92. The second-order valence-electron chi connectivity index (χ2n) is 1.25. The number of allylic oxidation sites excluding steroid dienone is 1. The maximum atomic E-state index is 11.5. The van der Waals surface area contributed by atoms with Crippen LogP contribution in [0.3, 0.4) is 0 Å². The highest BCUT2D eigenvalue weighted by molar-refractivity contribution is 9.09. The molecule has 0 aromatic carbocycles. The third kappa shape index (κ3) is 2.80. The van der Waals surface area contributed by atoms with Crippen LogP contribution in [0.2, 0.25) is 0 Å². The molecular formula is C5H8BrF. The van der Waals surface area contributed by atoms with Gasteiger partial charge in [-0.3, -0.25) is 0 Å². The van der Waals surface area contributed by atoms with E-state index in [4.69, 9.17) is 0 Å². The predicted octanol–water partition coefficient (Wildman–Crippen LogP) is 2.64. The standard InChI is InChI=1S/C5H8BrF/c1-2-5(3-6)4-7/h4H,2-3H2,1H3. The van der Waals surface area contributed by atoms with Crippen LogP contribution < -0.4 is 0 Å². The van der Waals surface area contributed by atoms with Crippen molar-refractivity contribution in [3.05, 3.63) is 11.9 Å². The minimum atomic E-state index is 0.648. The highest BCUT2D eigenvalue weighted by atomic mass is 79.9. The van der Waals surface area contributed by atoms with Gasteiger partial charge in [-0.1, -0.05) is 22.9 Å². The number of halogens is 2. The maximum Gasteiger partial charge on any atom is 0.0867 e. The largest absolute Gasteiger partial charge is 0.216 e. The Bertz CT molecular complexity index is 62.5. The Morgan fingerprint density at radius 2 is 2.43 bits per heavy atom. The van der Waals surface area contributed by atoms with Crippen molar-refractivity contribution >= 4 is 15.9 Å². The molecule has 0 radical (unpaired) electrons. The smallest absolute Gasteiger partial charge is 0.0867 e. The highest BCUT2D eigenvalue weighted by Gasteiger charge is 1.86. The van der Waals surface area contributed by atoms with Gasteiger partial charge in [0, 0.05) is 5.33 Å². The maximum absolute atomic E-state index is 11.5. The summed E-state index contributed by atoms with van der Waals surface area (Å²) in [4.78, 5) is 0. The van der Waals surface area contributed by atoms with E-state index in [1.807, 2.05) is 6.92 Å². The molecule has 0 aromatic heterocycles. The molecule has 0 N–H and O–H groups in total. The molecule has 0 amide bonds. The zero-order chi connectivity index (χ0) is 5.70. The van der Waals surface area contributed by atoms with Crippen LogP contribution in [0.4, 0.5) is 4.39 Å². The van der Waals surface area contributed by atoms with Crippen LogP contribution in [0, 0.1) is 0 Å². The van der Waals surface area contributed by atoms with Gasteiger partial charge in [0.15, 0.2) is 0 Å². The lowest BCUT2D eigenvalue weighted by molar-refractivity contribution is 0.704. The number of hydrogen-bond donors (Lipinski definition) is 0. The van der Waals surface area contributed by atoms with Crippen molar-refractivity contribution in [2.75, 3.05) is 5.33 Å². The molecular weight excluding hydrogens is 159 g/mol. The SMILES string of the molecule is CCC(=CF)CBr. The number of rotatable bonds is 2. The van der Waals surface area contributed by atoms with Gasteiger partial charge in [-0.05, 0) is 12.0 Å². The molecule has 2 heteroatoms. The van der Waals surface area contributed by atoms with Crippen LogP contribution in [0.25, 0.3) is 0 Å². The molecule has 0 aromatic rings. The molecule has 0 spiro atoms. The summed E-state index contributed by atoms with van der Waals surface area (Å²) in [7, 11) is 0. The van der Waals surface area contributed by atoms with Crippen molar-refractivity contribution in [3.8, 4) is 0 Å². The molecule has 0 aliphatic carbocycles. The first-order chi connectivity index (χ1) is 3.35. The average molecular weight is 167 g/mol. The fraction of sp³-hybridized carbons (Fsp3) is 0.600. The first-order valence-corrected chi connectivity index (χ1v) is 3.31. The van der Waals surface area contributed by atoms with Crippen molar-refractivity contribution in [2.45, 2.75) is 13.3 Å². The molecule has 0 rings (SSSR count). The number of alkyl halides is 1. The lowest BCUT2D eigenvalue weighted by Crippen LogP contribution is -1.76. The van der Waals surface area contributed by atoms with Crippen LogP contribution >= 0.6 is 15.9 Å². The van der Waals surface area contributed by atoms with Crippen molar-refractivity contribution in [2.24, 2.45) is 0 Å². The van der Waals surface area contributed by atoms with Gasteiger partial charge >= 0.3 is 0 Å². The first-order valence-electron chi connectivity index (χ1n) is 2.19. The molecule has 0 atom stereocenters. The summed E-state index contributed by atoms with van der Waals surface area (Å²) in [6.07, 6.45) is 1.44. The van der Waals surface area contributed by atoms with Gasteiger partial charge in [-0.25, -0.2) is 4.39 Å². The molecule has 0 fully saturated rings. The predicted molar refractivity (Wildman–Crippen MR) is 33.3 cm³/mol. The minimum absolute atomic E-state index is 0.648. The summed E-state index contributed by atoms with van der Waals surface area (Å²) >= 11 is 3.13. The number of hydrogen-bond acceptors (Lipinski definition) is 0. The molecule has 0 unspecified atom stereocenters. The summed E-state index contributed by atoms with van der Waals surface area (Å²) in [5, 5.41) is 0.653. The monoisotopic (exact) mass is 166 g/mol. The summed E-state index contributed by atoms with van der Waals surface area (Å²) < 4.78 is 11.5. The van der Waals surface area contributed by atoms with Crippen LogP contribution in [-0.4, -0.2) is 5.33 Å². The molecule has 0 aliphatic rings. The van der Waals surface area contributed by atoms with E-state index in [1.165, 1.54) is 0 Å². The Hall–Kier alpha value is 0.150. The van der Waals surface area contributed by atoms with Gasteiger partial charge < -0.3 is 0 Å². The van der Waals surface area contributed by atoms with Crippen molar-refractivity contribution in [3.63, 3.8) is 0 Å². The fourth-order valence-electron chi connectivity index (χ4n) is 0.201. The third-order valence-electron chi connectivity index (χ3n) is 0.780. The molecule has 0 aliphatic heterocycles. The van der Waals surface area contributed by atoms with E-state index in [0.717, 1.165) is 12.0 Å². The van der Waals surface area contributed by atoms with Gasteiger partial charge in [0.25, 0.3) is 0 Å². The molecule has 42 valence electrons. The second kappa shape index (κ2) is 4.31. The minimum Gasteiger partial charge on any atom is -0.216 e. The van der Waals surface area contributed by atoms with E-state index in [1.54, 1.807) is 0 Å². The Balaban J connectivity index is 3.38. The zero-order valence-corrected chi connectivity index (χ0v) is 5.83. The molecule has 0 saturated carbocycles. The topological polar surface area (TPSA) is 0 Å². The van der Waals surface area contributed by atoms with Crippen LogP contribution in [0.1, 0.15) is 13.3 Å². The van der Waals surface area contributed by atoms with Crippen molar-refractivity contribution < 1.29 is 4.39 Å². The Kier molecular flexibility index (Phi) is 4.41. The molecule has 0 bridgehead atoms. The van der Waals surface area contributed by atoms with Gasteiger partial charge in [-0.15, -0.1) is 0 Å². The molecule has 0 heterocycles.